The molecule has 2 aromatic carbocycles. The molecule has 0 fully saturated rings. The molecule has 1 aliphatic rings. The number of carbonyl (C=O) groups excluding carboxylic acids is 2. The number of rotatable bonds is 6. The van der Waals surface area contributed by atoms with E-state index in [1.165, 1.54) is 0 Å². The van der Waals surface area contributed by atoms with Crippen molar-refractivity contribution in [3.8, 4) is 6.07 Å². The van der Waals surface area contributed by atoms with Gasteiger partial charge in [-0.25, -0.2) is 4.98 Å². The summed E-state index contributed by atoms with van der Waals surface area (Å²) in [6, 6.07) is 16.8. The third-order valence-electron chi connectivity index (χ3n) is 5.66. The Balaban J connectivity index is 1.56. The van der Waals surface area contributed by atoms with Gasteiger partial charge in [-0.2, -0.15) is 18.4 Å². The number of nitriles is 1. The number of fused-ring (bicyclic) bond motifs is 1. The second-order valence-corrected chi connectivity index (χ2v) is 8.95. The third kappa shape index (κ3) is 5.38. The molecule has 0 saturated carbocycles. The van der Waals surface area contributed by atoms with Gasteiger partial charge in [0.15, 0.2) is 5.78 Å². The van der Waals surface area contributed by atoms with E-state index < -0.39 is 23.2 Å². The average Bonchev–Trinajstić information content (AvgIpc) is 2.86. The number of anilines is 1. The summed E-state index contributed by atoms with van der Waals surface area (Å²) >= 11 is 0.782. The Morgan fingerprint density at radius 3 is 2.43 bits per heavy atom. The number of ketones is 1. The molecule has 9 heteroatoms. The number of carbonyl (C=O) groups is 2. The van der Waals surface area contributed by atoms with Crippen LogP contribution in [-0.4, -0.2) is 22.4 Å². The number of benzene rings is 2. The largest absolute Gasteiger partial charge is 0.418 e. The topological polar surface area (TPSA) is 82.9 Å². The standard InChI is InChI=1S/C26H20F3N3O2S/c27-26(28,29)23-17-10-4-6-12-20(17)32-25(19(23)14-30)35-15-22(33)31-21-13-7-5-11-18(21)24(34)16-8-2-1-3-9-16/h1-3,5,7-9,11,13H,4,6,10,12,15H2,(H,31,33). The minimum atomic E-state index is -4.69. The highest BCUT2D eigenvalue weighted by Crippen LogP contribution is 2.41. The summed E-state index contributed by atoms with van der Waals surface area (Å²) in [5.74, 6) is -1.07. The summed E-state index contributed by atoms with van der Waals surface area (Å²) in [4.78, 5) is 29.9. The van der Waals surface area contributed by atoms with E-state index in [1.54, 1.807) is 60.7 Å². The summed E-state index contributed by atoms with van der Waals surface area (Å²) in [5.41, 5.74) is -0.0169. The molecule has 1 amide bonds. The molecule has 35 heavy (non-hydrogen) atoms. The lowest BCUT2D eigenvalue weighted by molar-refractivity contribution is -0.138. The Labute approximate surface area is 204 Å². The number of pyridine rings is 1. The minimum Gasteiger partial charge on any atom is -0.325 e. The van der Waals surface area contributed by atoms with Crippen LogP contribution in [0.3, 0.4) is 0 Å². The Kier molecular flexibility index (Phi) is 7.22. The van der Waals surface area contributed by atoms with E-state index in [1.807, 2.05) is 0 Å². The molecule has 3 aromatic rings. The van der Waals surface area contributed by atoms with Gasteiger partial charge < -0.3 is 5.32 Å². The Bertz CT molecular complexity index is 1320. The van der Waals surface area contributed by atoms with Gasteiger partial charge >= 0.3 is 6.18 Å². The van der Waals surface area contributed by atoms with Gasteiger partial charge in [-0.1, -0.05) is 54.2 Å². The number of hydrogen-bond donors (Lipinski definition) is 1. The molecule has 0 atom stereocenters. The SMILES string of the molecule is N#Cc1c(SCC(=O)Nc2ccccc2C(=O)c2ccccc2)nc2c(c1C(F)(F)F)CCCC2. The molecule has 1 N–H and O–H groups in total. The fourth-order valence-electron chi connectivity index (χ4n) is 4.09. The summed E-state index contributed by atoms with van der Waals surface area (Å²) < 4.78 is 41.6. The first-order valence-corrected chi connectivity index (χ1v) is 11.9. The number of aryl methyl sites for hydroxylation is 1. The summed E-state index contributed by atoms with van der Waals surface area (Å²) in [7, 11) is 0. The molecule has 178 valence electrons. The van der Waals surface area contributed by atoms with Crippen molar-refractivity contribution in [1.29, 1.82) is 5.26 Å². The molecule has 1 heterocycles. The summed E-state index contributed by atoms with van der Waals surface area (Å²) in [6.07, 6.45) is -2.73. The number of para-hydroxylation sites is 1. The quantitative estimate of drug-likeness (QED) is 0.345. The van der Waals surface area contributed by atoms with E-state index in [0.717, 1.165) is 18.2 Å². The van der Waals surface area contributed by atoms with Crippen molar-refractivity contribution >= 4 is 29.1 Å². The maximum Gasteiger partial charge on any atom is 0.418 e. The average molecular weight is 496 g/mol. The number of nitrogens with one attached hydrogen (secondary N) is 1. The Morgan fingerprint density at radius 1 is 1.03 bits per heavy atom. The molecule has 0 spiro atoms. The van der Waals surface area contributed by atoms with Crippen LogP contribution >= 0.6 is 11.8 Å². The molecule has 4 rings (SSSR count). The number of amides is 1. The van der Waals surface area contributed by atoms with Gasteiger partial charge in [0.05, 0.1) is 22.6 Å². The maximum absolute atomic E-state index is 13.9. The Morgan fingerprint density at radius 2 is 1.71 bits per heavy atom. The van der Waals surface area contributed by atoms with E-state index >= 15 is 0 Å². The minimum absolute atomic E-state index is 0.0856. The van der Waals surface area contributed by atoms with E-state index in [0.29, 0.717) is 35.3 Å². The van der Waals surface area contributed by atoms with Crippen LogP contribution in [0.4, 0.5) is 18.9 Å². The molecule has 0 bridgehead atoms. The number of halogens is 3. The highest BCUT2D eigenvalue weighted by atomic mass is 32.2. The van der Waals surface area contributed by atoms with Crippen molar-refractivity contribution in [1.82, 2.24) is 4.98 Å². The number of hydrogen-bond acceptors (Lipinski definition) is 5. The van der Waals surface area contributed by atoms with E-state index in [-0.39, 0.29) is 28.5 Å². The molecular weight excluding hydrogens is 475 g/mol. The molecule has 1 aliphatic carbocycles. The molecule has 0 aliphatic heterocycles. The smallest absolute Gasteiger partial charge is 0.325 e. The zero-order chi connectivity index (χ0) is 25.0. The normalized spacial score (nSPS) is 13.0. The van der Waals surface area contributed by atoms with E-state index in [4.69, 9.17) is 0 Å². The van der Waals surface area contributed by atoms with Crippen molar-refractivity contribution in [2.24, 2.45) is 0 Å². The van der Waals surface area contributed by atoms with Crippen molar-refractivity contribution in [3.63, 3.8) is 0 Å². The fourth-order valence-corrected chi connectivity index (χ4v) is 4.90. The first-order chi connectivity index (χ1) is 16.8. The van der Waals surface area contributed by atoms with Crippen LogP contribution in [0.15, 0.2) is 59.6 Å². The summed E-state index contributed by atoms with van der Waals surface area (Å²) in [6.45, 7) is 0. The highest BCUT2D eigenvalue weighted by Gasteiger charge is 2.40. The molecule has 1 aromatic heterocycles. The van der Waals surface area contributed by atoms with Gasteiger partial charge in [-0.05, 0) is 43.4 Å². The van der Waals surface area contributed by atoms with Crippen LogP contribution in [0.2, 0.25) is 0 Å². The van der Waals surface area contributed by atoms with Crippen LogP contribution in [0.25, 0.3) is 0 Å². The maximum atomic E-state index is 13.9. The predicted molar refractivity (Wildman–Crippen MR) is 126 cm³/mol. The van der Waals surface area contributed by atoms with Gasteiger partial charge in [0, 0.05) is 16.8 Å². The molecule has 5 nitrogen and oxygen atoms in total. The van der Waals surface area contributed by atoms with Gasteiger partial charge in [-0.3, -0.25) is 9.59 Å². The van der Waals surface area contributed by atoms with Crippen LogP contribution in [0.5, 0.6) is 0 Å². The lowest BCUT2D eigenvalue weighted by Crippen LogP contribution is -2.20. The lowest BCUT2D eigenvalue weighted by Gasteiger charge is -2.22. The van der Waals surface area contributed by atoms with E-state index in [2.05, 4.69) is 10.3 Å². The number of alkyl halides is 3. The second-order valence-electron chi connectivity index (χ2n) is 7.99. The molecule has 0 unspecified atom stereocenters. The second kappa shape index (κ2) is 10.3. The van der Waals surface area contributed by atoms with E-state index in [9.17, 15) is 28.0 Å². The fraction of sp³-hybridized carbons (Fsp3) is 0.231. The lowest BCUT2D eigenvalue weighted by atomic mass is 9.90. The predicted octanol–water partition coefficient (Wildman–Crippen LogP) is 5.81. The van der Waals surface area contributed by atoms with Gasteiger partial charge in [0.25, 0.3) is 0 Å². The highest BCUT2D eigenvalue weighted by molar-refractivity contribution is 8.00. The number of thioether (sulfide) groups is 1. The van der Waals surface area contributed by atoms with Crippen LogP contribution < -0.4 is 5.32 Å². The first-order valence-electron chi connectivity index (χ1n) is 10.9. The zero-order valence-corrected chi connectivity index (χ0v) is 19.3. The molecule has 0 saturated heterocycles. The number of nitrogens with zero attached hydrogens (tertiary/aromatic N) is 2. The Hall–Kier alpha value is -3.64. The first kappa shape index (κ1) is 24.5. The van der Waals surface area contributed by atoms with Crippen LogP contribution in [0.1, 0.15) is 51.1 Å². The zero-order valence-electron chi connectivity index (χ0n) is 18.5. The van der Waals surface area contributed by atoms with Crippen molar-refractivity contribution in [2.75, 3.05) is 11.1 Å². The van der Waals surface area contributed by atoms with Crippen LogP contribution in [-0.2, 0) is 23.8 Å². The van der Waals surface area contributed by atoms with Gasteiger partial charge in [-0.15, -0.1) is 0 Å². The van der Waals surface area contributed by atoms with Crippen molar-refractivity contribution in [3.05, 3.63) is 88.1 Å². The van der Waals surface area contributed by atoms with Crippen molar-refractivity contribution < 1.29 is 22.8 Å². The molecule has 0 radical (unpaired) electrons. The van der Waals surface area contributed by atoms with Gasteiger partial charge in [0.2, 0.25) is 5.91 Å². The summed E-state index contributed by atoms with van der Waals surface area (Å²) in [5, 5.41) is 12.1. The number of aromatic nitrogens is 1. The van der Waals surface area contributed by atoms with Gasteiger partial charge in [0.1, 0.15) is 11.1 Å². The third-order valence-corrected chi connectivity index (χ3v) is 6.63. The van der Waals surface area contributed by atoms with Crippen LogP contribution in [0, 0.1) is 11.3 Å². The molecular formula is C26H20F3N3O2S. The van der Waals surface area contributed by atoms with Crippen molar-refractivity contribution in [2.45, 2.75) is 36.9 Å². The monoisotopic (exact) mass is 495 g/mol.